The van der Waals surface area contributed by atoms with Crippen LogP contribution in [0.3, 0.4) is 0 Å². The fourth-order valence-electron chi connectivity index (χ4n) is 2.37. The standard InChI is InChI=1S/C14H16F4N2O2/c15-12-2-1-10(9-11(12)14(16,17)18)13(22)20-5-3-19(4-6-20)7-8-21/h1-2,9,21H,3-8H2. The maximum atomic E-state index is 13.2. The molecule has 1 saturated heterocycles. The lowest BCUT2D eigenvalue weighted by Crippen LogP contribution is -2.49. The van der Waals surface area contributed by atoms with Crippen molar-refractivity contribution < 1.29 is 27.5 Å². The van der Waals surface area contributed by atoms with Crippen molar-refractivity contribution in [2.24, 2.45) is 0 Å². The topological polar surface area (TPSA) is 43.8 Å². The predicted octanol–water partition coefficient (Wildman–Crippen LogP) is 1.59. The van der Waals surface area contributed by atoms with Crippen molar-refractivity contribution in [2.75, 3.05) is 39.3 Å². The van der Waals surface area contributed by atoms with E-state index in [-0.39, 0.29) is 12.2 Å². The van der Waals surface area contributed by atoms with Crippen LogP contribution in [0.2, 0.25) is 0 Å². The number of piperazine rings is 1. The van der Waals surface area contributed by atoms with Gasteiger partial charge in [-0.2, -0.15) is 13.2 Å². The van der Waals surface area contributed by atoms with Gasteiger partial charge in [0.15, 0.2) is 0 Å². The molecule has 0 atom stereocenters. The molecule has 1 N–H and O–H groups in total. The van der Waals surface area contributed by atoms with Gasteiger partial charge in [-0.25, -0.2) is 4.39 Å². The van der Waals surface area contributed by atoms with Crippen LogP contribution in [0.4, 0.5) is 17.6 Å². The molecule has 0 saturated carbocycles. The smallest absolute Gasteiger partial charge is 0.395 e. The van der Waals surface area contributed by atoms with Crippen LogP contribution in [0, 0.1) is 5.82 Å². The number of benzene rings is 1. The number of nitrogens with zero attached hydrogens (tertiary/aromatic N) is 2. The second-order valence-corrected chi connectivity index (χ2v) is 5.05. The first-order chi connectivity index (χ1) is 10.3. The Kier molecular flexibility index (Phi) is 5.02. The number of amides is 1. The molecule has 1 heterocycles. The molecule has 0 radical (unpaired) electrons. The Labute approximate surface area is 124 Å². The van der Waals surface area contributed by atoms with Crippen LogP contribution in [0.5, 0.6) is 0 Å². The maximum Gasteiger partial charge on any atom is 0.419 e. The molecule has 22 heavy (non-hydrogen) atoms. The Morgan fingerprint density at radius 1 is 1.18 bits per heavy atom. The molecule has 4 nitrogen and oxygen atoms in total. The molecule has 8 heteroatoms. The van der Waals surface area contributed by atoms with Gasteiger partial charge in [0.1, 0.15) is 5.82 Å². The van der Waals surface area contributed by atoms with Gasteiger partial charge in [0, 0.05) is 38.3 Å². The summed E-state index contributed by atoms with van der Waals surface area (Å²) in [6, 6.07) is 2.28. The largest absolute Gasteiger partial charge is 0.419 e. The van der Waals surface area contributed by atoms with E-state index in [1.54, 1.807) is 0 Å². The van der Waals surface area contributed by atoms with Crippen LogP contribution in [-0.4, -0.2) is 60.1 Å². The minimum Gasteiger partial charge on any atom is -0.395 e. The van der Waals surface area contributed by atoms with Crippen molar-refractivity contribution in [2.45, 2.75) is 6.18 Å². The van der Waals surface area contributed by atoms with Gasteiger partial charge in [0.05, 0.1) is 12.2 Å². The summed E-state index contributed by atoms with van der Waals surface area (Å²) < 4.78 is 51.3. The van der Waals surface area contributed by atoms with Gasteiger partial charge in [-0.3, -0.25) is 9.69 Å². The van der Waals surface area contributed by atoms with E-state index >= 15 is 0 Å². The average molecular weight is 320 g/mol. The molecule has 1 aromatic carbocycles. The fourth-order valence-corrected chi connectivity index (χ4v) is 2.37. The number of aliphatic hydroxyl groups excluding tert-OH is 1. The molecule has 0 unspecified atom stereocenters. The molecule has 122 valence electrons. The summed E-state index contributed by atoms with van der Waals surface area (Å²) in [5.41, 5.74) is -1.61. The Balaban J connectivity index is 2.11. The second-order valence-electron chi connectivity index (χ2n) is 5.05. The normalized spacial score (nSPS) is 16.9. The van der Waals surface area contributed by atoms with Gasteiger partial charge < -0.3 is 10.0 Å². The number of carbonyl (C=O) groups is 1. The number of rotatable bonds is 3. The van der Waals surface area contributed by atoms with E-state index in [2.05, 4.69) is 0 Å². The zero-order valence-corrected chi connectivity index (χ0v) is 11.7. The first-order valence-electron chi connectivity index (χ1n) is 6.82. The van der Waals surface area contributed by atoms with Gasteiger partial charge in [-0.15, -0.1) is 0 Å². The molecule has 0 bridgehead atoms. The van der Waals surface area contributed by atoms with Crippen LogP contribution in [0.15, 0.2) is 18.2 Å². The quantitative estimate of drug-likeness (QED) is 0.860. The number of alkyl halides is 3. The Morgan fingerprint density at radius 3 is 2.36 bits per heavy atom. The van der Waals surface area contributed by atoms with Crippen LogP contribution in [-0.2, 0) is 6.18 Å². The van der Waals surface area contributed by atoms with Crippen LogP contribution >= 0.6 is 0 Å². The van der Waals surface area contributed by atoms with Gasteiger partial charge in [-0.05, 0) is 18.2 Å². The minimum absolute atomic E-state index is 0.0147. The average Bonchev–Trinajstić information content (AvgIpc) is 2.47. The molecule has 1 aliphatic heterocycles. The predicted molar refractivity (Wildman–Crippen MR) is 70.8 cm³/mol. The molecule has 0 spiro atoms. The summed E-state index contributed by atoms with van der Waals surface area (Å²) in [6.07, 6.45) is -4.83. The minimum atomic E-state index is -4.83. The monoisotopic (exact) mass is 320 g/mol. The highest BCUT2D eigenvalue weighted by atomic mass is 19.4. The van der Waals surface area contributed by atoms with Crippen molar-refractivity contribution in [3.63, 3.8) is 0 Å². The molecule has 1 amide bonds. The zero-order valence-electron chi connectivity index (χ0n) is 11.7. The van der Waals surface area contributed by atoms with Crippen LogP contribution < -0.4 is 0 Å². The SMILES string of the molecule is O=C(c1ccc(F)c(C(F)(F)F)c1)N1CCN(CCO)CC1. The van der Waals surface area contributed by atoms with Gasteiger partial charge in [0.25, 0.3) is 5.91 Å². The molecule has 1 fully saturated rings. The third-order valence-electron chi connectivity index (χ3n) is 3.59. The van der Waals surface area contributed by atoms with Crippen molar-refractivity contribution in [1.82, 2.24) is 9.80 Å². The highest BCUT2D eigenvalue weighted by Crippen LogP contribution is 2.32. The van der Waals surface area contributed by atoms with Gasteiger partial charge in [-0.1, -0.05) is 0 Å². The molecule has 0 aliphatic carbocycles. The van der Waals surface area contributed by atoms with E-state index in [0.29, 0.717) is 44.9 Å². The first-order valence-corrected chi connectivity index (χ1v) is 6.82. The lowest BCUT2D eigenvalue weighted by molar-refractivity contribution is -0.140. The molecule has 1 aliphatic rings. The van der Waals surface area contributed by atoms with E-state index in [1.807, 2.05) is 4.90 Å². The molecular formula is C14H16F4N2O2. The van der Waals surface area contributed by atoms with E-state index < -0.39 is 23.5 Å². The molecule has 1 aromatic rings. The Morgan fingerprint density at radius 2 is 1.82 bits per heavy atom. The maximum absolute atomic E-state index is 13.2. The van der Waals surface area contributed by atoms with E-state index in [4.69, 9.17) is 5.11 Å². The van der Waals surface area contributed by atoms with E-state index in [9.17, 15) is 22.4 Å². The lowest BCUT2D eigenvalue weighted by atomic mass is 10.1. The number of hydrogen-bond acceptors (Lipinski definition) is 3. The fraction of sp³-hybridized carbons (Fsp3) is 0.500. The first kappa shape index (κ1) is 16.7. The molecule has 0 aromatic heterocycles. The van der Waals surface area contributed by atoms with Gasteiger partial charge in [0.2, 0.25) is 0 Å². The van der Waals surface area contributed by atoms with Crippen molar-refractivity contribution in [3.05, 3.63) is 35.1 Å². The Hall–Kier alpha value is -1.67. The molecular weight excluding hydrogens is 304 g/mol. The van der Waals surface area contributed by atoms with E-state index in [1.165, 1.54) is 4.90 Å². The summed E-state index contributed by atoms with van der Waals surface area (Å²) in [7, 11) is 0. The highest BCUT2D eigenvalue weighted by Gasteiger charge is 2.35. The summed E-state index contributed by atoms with van der Waals surface area (Å²) in [5, 5.41) is 8.84. The lowest BCUT2D eigenvalue weighted by Gasteiger charge is -2.34. The van der Waals surface area contributed by atoms with Gasteiger partial charge >= 0.3 is 6.18 Å². The third-order valence-corrected chi connectivity index (χ3v) is 3.59. The number of halogens is 4. The number of hydrogen-bond donors (Lipinski definition) is 1. The van der Waals surface area contributed by atoms with Crippen molar-refractivity contribution in [3.8, 4) is 0 Å². The summed E-state index contributed by atoms with van der Waals surface area (Å²) >= 11 is 0. The third kappa shape index (κ3) is 3.75. The van der Waals surface area contributed by atoms with Crippen molar-refractivity contribution >= 4 is 5.91 Å². The highest BCUT2D eigenvalue weighted by molar-refractivity contribution is 5.94. The van der Waals surface area contributed by atoms with Crippen LogP contribution in [0.25, 0.3) is 0 Å². The number of carbonyl (C=O) groups excluding carboxylic acids is 1. The summed E-state index contributed by atoms with van der Waals surface area (Å²) in [5.74, 6) is -1.94. The molecule has 2 rings (SSSR count). The van der Waals surface area contributed by atoms with Crippen LogP contribution in [0.1, 0.15) is 15.9 Å². The summed E-state index contributed by atoms with van der Waals surface area (Å²) in [6.45, 7) is 2.31. The second kappa shape index (κ2) is 6.62. The van der Waals surface area contributed by atoms with Crippen molar-refractivity contribution in [1.29, 1.82) is 0 Å². The van der Waals surface area contributed by atoms with E-state index in [0.717, 1.165) is 6.07 Å². The Bertz CT molecular complexity index is 540. The number of aliphatic hydroxyl groups is 1. The zero-order chi connectivity index (χ0) is 16.3. The number of β-amino-alcohol motifs (C(OH)–C–C–N with tert-alkyl or cyclic N) is 1. The summed E-state index contributed by atoms with van der Waals surface area (Å²) in [4.78, 5) is 15.6.